The molecule has 0 aromatic rings. The van der Waals surface area contributed by atoms with E-state index in [1.54, 1.807) is 83.2 Å². The van der Waals surface area contributed by atoms with Crippen LogP contribution >= 0.6 is 0 Å². The van der Waals surface area contributed by atoms with Crippen molar-refractivity contribution in [1.82, 2.24) is 21.3 Å². The summed E-state index contributed by atoms with van der Waals surface area (Å²) < 4.78 is 49.2. The van der Waals surface area contributed by atoms with E-state index in [0.29, 0.717) is 122 Å². The van der Waals surface area contributed by atoms with E-state index >= 15 is 0 Å². The molecule has 0 bridgehead atoms. The van der Waals surface area contributed by atoms with Crippen molar-refractivity contribution in [1.29, 1.82) is 0 Å². The van der Waals surface area contributed by atoms with Gasteiger partial charge in [0, 0.05) is 150 Å². The molecule has 748 valence electrons. The van der Waals surface area contributed by atoms with E-state index in [1.165, 1.54) is 77.9 Å². The Morgan fingerprint density at radius 1 is 0.291 bits per heavy atom. The summed E-state index contributed by atoms with van der Waals surface area (Å²) in [4.78, 5) is 243. The number of amides is 3. The summed E-state index contributed by atoms with van der Waals surface area (Å²) in [6.45, 7) is 33.9. The van der Waals surface area contributed by atoms with Gasteiger partial charge in [-0.1, -0.05) is 126 Å². The van der Waals surface area contributed by atoms with Gasteiger partial charge in [0.15, 0.2) is 47.1 Å². The molecular formula is C89H168N4O34. The van der Waals surface area contributed by atoms with Gasteiger partial charge in [0.05, 0.1) is 87.5 Å². The topological polar surface area (TPSA) is 542 Å². The van der Waals surface area contributed by atoms with Crippen LogP contribution in [-0.2, 0) is 158 Å². The number of hydrogen-bond acceptors (Lipinski definition) is 35. The van der Waals surface area contributed by atoms with Crippen LogP contribution in [0.25, 0.3) is 0 Å². The number of rotatable bonds is 47. The Balaban J connectivity index is -0.0000000754. The molecule has 0 aliphatic rings. The molecule has 127 heavy (non-hydrogen) atoms. The minimum absolute atomic E-state index is 0. The lowest BCUT2D eigenvalue weighted by Crippen LogP contribution is -2.28. The van der Waals surface area contributed by atoms with Gasteiger partial charge in [-0.25, -0.2) is 9.59 Å². The van der Waals surface area contributed by atoms with Gasteiger partial charge in [-0.2, -0.15) is 0 Å². The highest BCUT2D eigenvalue weighted by Gasteiger charge is 2.31. The van der Waals surface area contributed by atoms with Gasteiger partial charge < -0.3 is 78.2 Å². The van der Waals surface area contributed by atoms with Crippen LogP contribution in [0.4, 0.5) is 4.79 Å². The van der Waals surface area contributed by atoms with Crippen molar-refractivity contribution in [2.24, 2.45) is 10.8 Å². The van der Waals surface area contributed by atoms with E-state index in [1.807, 2.05) is 48.5 Å². The van der Waals surface area contributed by atoms with Crippen LogP contribution < -0.4 is 21.3 Å². The quantitative estimate of drug-likeness (QED) is 0.0250. The number of esters is 7. The van der Waals surface area contributed by atoms with E-state index in [-0.39, 0.29) is 211 Å². The Morgan fingerprint density at radius 3 is 0.953 bits per heavy atom. The third-order valence-electron chi connectivity index (χ3n) is 14.4. The lowest BCUT2D eigenvalue weighted by molar-refractivity contribution is -0.153. The fourth-order valence-corrected chi connectivity index (χ4v) is 6.27. The zero-order chi connectivity index (χ0) is 99.8. The zero-order valence-corrected chi connectivity index (χ0v) is 80.3. The van der Waals surface area contributed by atoms with Gasteiger partial charge in [-0.3, -0.25) is 95.9 Å². The maximum absolute atomic E-state index is 11.1. The second-order valence-electron chi connectivity index (χ2n) is 26.3. The SMILES string of the molecule is C.C.C.CCC(=O)C(=O)CCC(=O)OC.CCC(=O)CC(C)(C)C(=O)OC.CCC(=O)CC(C)(C)CC(=O)OC.CCC(=O)CCC(=O)OC.CCC(=O)CCCC(=O)OC.CCC(=O)CNC.CCC(=O)CNC(C)=O.CCC(=O)COC.CCC(=O)COC(=O)NC.CCC(=O)COCC(=O)NC.CCC(=O)COCC(=O)OC.CCC(=O)OC.CCC(C)=O. The summed E-state index contributed by atoms with van der Waals surface area (Å²) in [5, 5.41) is 9.79. The minimum Gasteiger partial charge on any atom is -0.469 e. The van der Waals surface area contributed by atoms with Gasteiger partial charge >= 0.3 is 47.9 Å². The molecule has 0 radical (unpaired) electrons. The molecule has 38 heteroatoms. The van der Waals surface area contributed by atoms with Crippen LogP contribution in [-0.4, -0.2) is 266 Å². The highest BCUT2D eigenvalue weighted by atomic mass is 16.6. The van der Waals surface area contributed by atoms with Gasteiger partial charge in [0.25, 0.3) is 0 Å². The molecule has 0 saturated carbocycles. The van der Waals surface area contributed by atoms with Gasteiger partial charge in [0.2, 0.25) is 11.8 Å². The maximum Gasteiger partial charge on any atom is 0.407 e. The van der Waals surface area contributed by atoms with Gasteiger partial charge in [0.1, 0.15) is 67.7 Å². The van der Waals surface area contributed by atoms with Crippen molar-refractivity contribution >= 4 is 135 Å². The number of ether oxygens (including phenoxy) is 11. The first kappa shape index (κ1) is 154. The lowest BCUT2D eigenvalue weighted by Gasteiger charge is -2.21. The Kier molecular flexibility index (Phi) is 136. The lowest BCUT2D eigenvalue weighted by atomic mass is 9.83. The van der Waals surface area contributed by atoms with Crippen LogP contribution in [0, 0.1) is 10.8 Å². The third kappa shape index (κ3) is 142. The molecule has 0 aliphatic carbocycles. The van der Waals surface area contributed by atoms with Crippen molar-refractivity contribution in [2.75, 3.05) is 131 Å². The number of carbonyl (C=O) groups excluding carboxylic acids is 23. The summed E-state index contributed by atoms with van der Waals surface area (Å²) in [5.41, 5.74) is -0.956. The largest absolute Gasteiger partial charge is 0.469 e. The fourth-order valence-electron chi connectivity index (χ4n) is 6.27. The number of nitrogens with one attached hydrogen (secondary N) is 4. The minimum atomic E-state index is -0.679. The molecular weight excluding hydrogens is 1670 g/mol. The monoisotopic (exact) mass is 1840 g/mol. The van der Waals surface area contributed by atoms with Crippen molar-refractivity contribution in [2.45, 2.75) is 302 Å². The second-order valence-corrected chi connectivity index (χ2v) is 26.3. The summed E-state index contributed by atoms with van der Waals surface area (Å²) in [5.74, 6) is -2.30. The summed E-state index contributed by atoms with van der Waals surface area (Å²) >= 11 is 0. The number of carbonyl (C=O) groups is 23. The number of hydrogen-bond donors (Lipinski definition) is 4. The Morgan fingerprint density at radius 2 is 0.646 bits per heavy atom. The molecule has 0 spiro atoms. The van der Waals surface area contributed by atoms with Crippen molar-refractivity contribution < 1.29 is 162 Å². The molecule has 0 unspecified atom stereocenters. The van der Waals surface area contributed by atoms with Crippen molar-refractivity contribution in [3.63, 3.8) is 0 Å². The van der Waals surface area contributed by atoms with E-state index in [9.17, 15) is 110 Å². The molecule has 0 aromatic heterocycles. The van der Waals surface area contributed by atoms with E-state index in [4.69, 9.17) is 9.47 Å². The highest BCUT2D eigenvalue weighted by molar-refractivity contribution is 6.37. The van der Waals surface area contributed by atoms with Gasteiger partial charge in [-0.05, 0) is 39.7 Å². The molecule has 3 amide bonds. The molecule has 4 N–H and O–H groups in total. The zero-order valence-electron chi connectivity index (χ0n) is 80.3. The number of ketones is 13. The molecule has 0 aliphatic heterocycles. The van der Waals surface area contributed by atoms with Crippen LogP contribution in [0.3, 0.4) is 0 Å². The number of methoxy groups -OCH3 is 8. The van der Waals surface area contributed by atoms with Crippen LogP contribution in [0.1, 0.15) is 302 Å². The standard InChI is InChI=1S/C10H18O3.C9H16O3.C8H12O4.C8H14O3.C7H13NO3.C7H12O4.C7H12O3.C6H11NO3.C6H11NO2.C5H11NO.C5H10O2.C4H8O2.C4H8O.3CH4/c1-5-8(11)6-10(2,3)7-9(12)13-4;1-5-7(10)6-9(2,3)8(11)12-4;1-3-6(9)7(10)4-5-8(11)12-2;1-3-7(9)5-4-6-8(10)11-2;1-3-6(9)4-11-5-7(10)8-2;1-3-6(8)4-11-5-7(9)10-2;1-3-6(8)4-5-7(9)10-2;1-3-5(8)4-10-6(9)7-2;1-3-6(9)4-7-5(2)8;1-3-5(7)4-6-2;1-3-5(6)4-7-2;1-3-4(5)6-2;1-3-4(2)5;;;/h5-7H2,1-4H3;5-6H2,1-4H3;3-5H2,1-2H3;3-6H2,1-2H3;3-5H2,1-2H3,(H,8,10);3-5H2,1-2H3;3-5H2,1-2H3;3-4H2,1-2H3,(H,7,9);3-4H2,1-2H3,(H,7,8);6H,3-4H2,1-2H3;3-4H2,1-2H3;3H2,1-2H3;3H2,1-2H3;3*1H4. The Labute approximate surface area is 758 Å². The molecule has 0 heterocycles. The molecule has 0 fully saturated rings. The van der Waals surface area contributed by atoms with Crippen molar-refractivity contribution in [3.8, 4) is 0 Å². The second kappa shape index (κ2) is 112. The number of alkyl carbamates (subject to hydrolysis) is 1. The maximum atomic E-state index is 11.1. The predicted molar refractivity (Wildman–Crippen MR) is 483 cm³/mol. The average Bonchev–Trinajstić information content (AvgIpc) is 0.881. The Hall–Kier alpha value is -9.95. The van der Waals surface area contributed by atoms with Crippen LogP contribution in [0.5, 0.6) is 0 Å². The first-order chi connectivity index (χ1) is 57.8. The third-order valence-corrected chi connectivity index (χ3v) is 14.4. The predicted octanol–water partition coefficient (Wildman–Crippen LogP) is 10.8. The van der Waals surface area contributed by atoms with Crippen LogP contribution in [0.15, 0.2) is 0 Å². The van der Waals surface area contributed by atoms with Gasteiger partial charge in [-0.15, -0.1) is 0 Å². The fraction of sp³-hybridized carbons (Fsp3) is 0.742. The molecule has 0 saturated heterocycles. The molecule has 0 rings (SSSR count). The van der Waals surface area contributed by atoms with E-state index in [0.717, 1.165) is 0 Å². The summed E-state index contributed by atoms with van der Waals surface area (Å²) in [6.07, 6.45) is 8.73. The number of Topliss-reactive ketones (excluding diaryl/α,β-unsaturated/α-hetero) is 13. The smallest absolute Gasteiger partial charge is 0.407 e. The molecule has 38 nitrogen and oxygen atoms in total. The summed E-state index contributed by atoms with van der Waals surface area (Å²) in [6, 6.07) is 0. The number of likely N-dealkylation sites (N-methyl/N-ethyl adjacent to an activating group) is 2. The Bertz CT molecular complexity index is 2780. The first-order valence-corrected chi connectivity index (χ1v) is 40.6. The average molecular weight is 1840 g/mol. The van der Waals surface area contributed by atoms with Crippen molar-refractivity contribution in [3.05, 3.63) is 0 Å². The highest BCUT2D eigenvalue weighted by Crippen LogP contribution is 2.26. The van der Waals surface area contributed by atoms with E-state index < -0.39 is 35.0 Å². The summed E-state index contributed by atoms with van der Waals surface area (Å²) in [7, 11) is 15.5. The molecule has 0 atom stereocenters. The van der Waals surface area contributed by atoms with Crippen LogP contribution in [0.2, 0.25) is 0 Å². The first-order valence-electron chi connectivity index (χ1n) is 40.6. The van der Waals surface area contributed by atoms with E-state index in [2.05, 4.69) is 63.9 Å². The normalized spacial score (nSPS) is 9.09. The molecule has 0 aromatic carbocycles.